The highest BCUT2D eigenvalue weighted by Gasteiger charge is 2.46. The monoisotopic (exact) mass is 414 g/mol. The van der Waals surface area contributed by atoms with Gasteiger partial charge in [0.1, 0.15) is 24.3 Å². The van der Waals surface area contributed by atoms with Crippen molar-refractivity contribution in [1.29, 1.82) is 0 Å². The average molecular weight is 415 g/mol. The molecule has 2 aromatic heterocycles. The summed E-state index contributed by atoms with van der Waals surface area (Å²) in [7, 11) is 0. The molecule has 0 aliphatic carbocycles. The predicted molar refractivity (Wildman–Crippen MR) is 112 cm³/mol. The van der Waals surface area contributed by atoms with E-state index in [1.807, 2.05) is 13.0 Å². The van der Waals surface area contributed by atoms with E-state index in [2.05, 4.69) is 26.1 Å². The van der Waals surface area contributed by atoms with Crippen molar-refractivity contribution in [2.24, 2.45) is 0 Å². The number of aromatic nitrogens is 2. The molecular formula is C22H30N4O4. The van der Waals surface area contributed by atoms with Crippen LogP contribution in [0.15, 0.2) is 27.8 Å². The van der Waals surface area contributed by atoms with Gasteiger partial charge in [-0.15, -0.1) is 0 Å². The summed E-state index contributed by atoms with van der Waals surface area (Å²) in [6.45, 7) is 11.3. The van der Waals surface area contributed by atoms with Gasteiger partial charge in [0.2, 0.25) is 0 Å². The molecule has 0 spiro atoms. The molecule has 1 N–H and O–H groups in total. The van der Waals surface area contributed by atoms with Crippen molar-refractivity contribution in [2.75, 3.05) is 19.6 Å². The first-order chi connectivity index (χ1) is 14.0. The summed E-state index contributed by atoms with van der Waals surface area (Å²) in [5.41, 5.74) is 1.37. The van der Waals surface area contributed by atoms with Gasteiger partial charge in [-0.25, -0.2) is 0 Å². The molecule has 8 heteroatoms. The van der Waals surface area contributed by atoms with Gasteiger partial charge in [-0.2, -0.15) is 0 Å². The van der Waals surface area contributed by atoms with Crippen LogP contribution in [0.5, 0.6) is 0 Å². The molecule has 0 unspecified atom stereocenters. The lowest BCUT2D eigenvalue weighted by Crippen LogP contribution is -2.67. The van der Waals surface area contributed by atoms with Crippen molar-refractivity contribution in [3.05, 3.63) is 44.5 Å². The third kappa shape index (κ3) is 3.23. The Bertz CT molecular complexity index is 1120. The summed E-state index contributed by atoms with van der Waals surface area (Å²) in [5, 5.41) is 14.4. The van der Waals surface area contributed by atoms with Gasteiger partial charge in [0.05, 0.1) is 25.2 Å². The van der Waals surface area contributed by atoms with Gasteiger partial charge >= 0.3 is 0 Å². The zero-order valence-electron chi connectivity index (χ0n) is 18.1. The van der Waals surface area contributed by atoms with E-state index in [4.69, 9.17) is 0 Å². The van der Waals surface area contributed by atoms with Gasteiger partial charge in [-0.1, -0.05) is 0 Å². The number of likely N-dealkylation sites (tertiary alicyclic amines) is 1. The van der Waals surface area contributed by atoms with E-state index in [1.54, 1.807) is 21.3 Å². The molecule has 0 saturated carbocycles. The first-order valence-corrected chi connectivity index (χ1v) is 10.6. The number of hydrogen-bond donors (Lipinski definition) is 1. The molecule has 162 valence electrons. The van der Waals surface area contributed by atoms with E-state index < -0.39 is 6.09 Å². The normalized spacial score (nSPS) is 26.1. The number of carbonyl (C=O) groups is 1. The number of pyridine rings is 2. The molecule has 1 fully saturated rings. The molecular weight excluding hydrogens is 384 g/mol. The number of carboxylic acid groups (broad SMARTS) is 1. The summed E-state index contributed by atoms with van der Waals surface area (Å²) < 4.78 is 4.31. The van der Waals surface area contributed by atoms with E-state index in [1.165, 1.54) is 0 Å². The number of hydrogen-bond acceptors (Lipinski definition) is 4. The second-order valence-corrected chi connectivity index (χ2v) is 9.86. The highest BCUT2D eigenvalue weighted by atomic mass is 16.4. The molecule has 0 aromatic carbocycles. The third-order valence-corrected chi connectivity index (χ3v) is 7.26. The van der Waals surface area contributed by atoms with Gasteiger partial charge in [0.25, 0.3) is 11.1 Å². The molecule has 30 heavy (non-hydrogen) atoms. The van der Waals surface area contributed by atoms with E-state index in [0.29, 0.717) is 6.54 Å². The van der Waals surface area contributed by atoms with Crippen molar-refractivity contribution in [3.8, 4) is 0 Å². The van der Waals surface area contributed by atoms with Crippen LogP contribution in [0, 0.1) is 6.92 Å². The zero-order valence-corrected chi connectivity index (χ0v) is 18.1. The Morgan fingerprint density at radius 2 is 1.87 bits per heavy atom. The van der Waals surface area contributed by atoms with Crippen LogP contribution in [0.3, 0.4) is 0 Å². The fourth-order valence-corrected chi connectivity index (χ4v) is 5.44. The Labute approximate surface area is 175 Å². The number of rotatable bonds is 3. The van der Waals surface area contributed by atoms with Gasteiger partial charge < -0.3 is 19.7 Å². The van der Waals surface area contributed by atoms with E-state index in [0.717, 1.165) is 53.6 Å². The maximum Gasteiger partial charge on any atom is 0.252 e. The van der Waals surface area contributed by atoms with Crippen molar-refractivity contribution >= 4 is 17.1 Å². The summed E-state index contributed by atoms with van der Waals surface area (Å²) in [4.78, 5) is 36.5. The number of quaternary nitrogens is 1. The third-order valence-electron chi connectivity index (χ3n) is 7.26. The van der Waals surface area contributed by atoms with Crippen LogP contribution in [0.2, 0.25) is 0 Å². The first-order valence-electron chi connectivity index (χ1n) is 10.6. The molecule has 1 atom stereocenters. The SMILES string of the molecule is Cc1cc(=O)n2c3c1ccc(=O)n3[C@@H](C[N+]1(C(C)(C)C)CCC(NC(=O)[O-])CC1)C2. The fourth-order valence-electron chi connectivity index (χ4n) is 5.44. The lowest BCUT2D eigenvalue weighted by atomic mass is 9.92. The predicted octanol–water partition coefficient (Wildman–Crippen LogP) is 0.737. The molecule has 0 bridgehead atoms. The van der Waals surface area contributed by atoms with Crippen LogP contribution in [0.25, 0.3) is 11.0 Å². The number of amides is 1. The van der Waals surface area contributed by atoms with Gasteiger partial charge in [-0.3, -0.25) is 18.7 Å². The number of carbonyl (C=O) groups excluding carboxylic acids is 1. The number of nitrogens with zero attached hydrogens (tertiary/aromatic N) is 3. The van der Waals surface area contributed by atoms with Crippen molar-refractivity contribution in [1.82, 2.24) is 14.5 Å². The Morgan fingerprint density at radius 1 is 1.20 bits per heavy atom. The minimum absolute atomic E-state index is 0.0685. The fraction of sp³-hybridized carbons (Fsp3) is 0.591. The Kier molecular flexibility index (Phi) is 4.80. The number of nitrogens with one attached hydrogen (secondary N) is 1. The second-order valence-electron chi connectivity index (χ2n) is 9.86. The first kappa shape index (κ1) is 20.7. The number of piperidine rings is 1. The Hall–Kier alpha value is -2.61. The van der Waals surface area contributed by atoms with Crippen LogP contribution in [0.4, 0.5) is 4.79 Å². The van der Waals surface area contributed by atoms with E-state index in [9.17, 15) is 19.5 Å². The van der Waals surface area contributed by atoms with Gasteiger partial charge in [0, 0.05) is 36.4 Å². The molecule has 2 aromatic rings. The topological polar surface area (TPSA) is 96.2 Å². The zero-order chi connectivity index (χ0) is 21.8. The summed E-state index contributed by atoms with van der Waals surface area (Å²) >= 11 is 0. The van der Waals surface area contributed by atoms with E-state index in [-0.39, 0.29) is 28.7 Å². The summed E-state index contributed by atoms with van der Waals surface area (Å²) in [6.07, 6.45) is 0.224. The maximum absolute atomic E-state index is 12.9. The summed E-state index contributed by atoms with van der Waals surface area (Å²) in [6, 6.07) is 4.85. The second kappa shape index (κ2) is 6.97. The van der Waals surface area contributed by atoms with Crippen LogP contribution < -0.4 is 21.5 Å². The molecule has 1 amide bonds. The molecule has 4 rings (SSSR count). The van der Waals surface area contributed by atoms with Crippen molar-refractivity contribution in [2.45, 2.75) is 64.7 Å². The highest BCUT2D eigenvalue weighted by molar-refractivity contribution is 5.80. The molecule has 2 aliphatic rings. The minimum atomic E-state index is -1.23. The standard InChI is InChI=1S/C22H30N4O4/c1-14-11-19(28)24-12-16(25-18(27)6-5-17(14)20(24)25)13-26(22(2,3)4)9-7-15(8-10-26)23-21(29)30/h5-6,11,15-16,23H,7-10,12-13H2,1-4H3/t15?,16-,26?/m1/s1. The minimum Gasteiger partial charge on any atom is -0.530 e. The van der Waals surface area contributed by atoms with Gasteiger partial charge in [0.15, 0.2) is 0 Å². The average Bonchev–Trinajstić information content (AvgIpc) is 3.02. The molecule has 2 aliphatic heterocycles. The number of aryl methyl sites for hydroxylation is 1. The van der Waals surface area contributed by atoms with Crippen molar-refractivity contribution < 1.29 is 14.4 Å². The summed E-state index contributed by atoms with van der Waals surface area (Å²) in [5.74, 6) is 0. The molecule has 1 saturated heterocycles. The van der Waals surface area contributed by atoms with Crippen LogP contribution in [0.1, 0.15) is 45.2 Å². The largest absolute Gasteiger partial charge is 0.530 e. The Balaban J connectivity index is 1.71. The van der Waals surface area contributed by atoms with Crippen LogP contribution >= 0.6 is 0 Å². The van der Waals surface area contributed by atoms with Crippen LogP contribution in [-0.2, 0) is 6.54 Å². The van der Waals surface area contributed by atoms with Crippen molar-refractivity contribution in [3.63, 3.8) is 0 Å². The van der Waals surface area contributed by atoms with E-state index >= 15 is 0 Å². The maximum atomic E-state index is 12.9. The van der Waals surface area contributed by atoms with Crippen LogP contribution in [-0.4, -0.2) is 50.9 Å². The Morgan fingerprint density at radius 3 is 2.47 bits per heavy atom. The molecule has 4 heterocycles. The quantitative estimate of drug-likeness (QED) is 0.749. The lowest BCUT2D eigenvalue weighted by Gasteiger charge is -2.53. The highest BCUT2D eigenvalue weighted by Crippen LogP contribution is 2.35. The smallest absolute Gasteiger partial charge is 0.252 e. The van der Waals surface area contributed by atoms with Gasteiger partial charge in [-0.05, 0) is 39.3 Å². The molecule has 0 radical (unpaired) electrons. The molecule has 8 nitrogen and oxygen atoms in total. The lowest BCUT2D eigenvalue weighted by molar-refractivity contribution is -0.976.